The summed E-state index contributed by atoms with van der Waals surface area (Å²) in [6.45, 7) is 1.96. The first-order valence-electron chi connectivity index (χ1n) is 7.49. The molecule has 2 aromatic carbocycles. The van der Waals surface area contributed by atoms with E-state index in [0.717, 1.165) is 16.3 Å². The van der Waals surface area contributed by atoms with E-state index in [1.165, 1.54) is 7.11 Å². The van der Waals surface area contributed by atoms with Crippen molar-refractivity contribution in [3.05, 3.63) is 57.9 Å². The summed E-state index contributed by atoms with van der Waals surface area (Å²) in [4.78, 5) is 16.7. The summed E-state index contributed by atoms with van der Waals surface area (Å²) in [5.41, 5.74) is 3.01. The zero-order chi connectivity index (χ0) is 17.8. The van der Waals surface area contributed by atoms with Crippen LogP contribution >= 0.6 is 22.9 Å². The Hall–Kier alpha value is -2.57. The smallest absolute Gasteiger partial charge is 0.323 e. The number of carbonyl (C=O) groups excluding carboxylic acids is 1. The van der Waals surface area contributed by atoms with E-state index in [9.17, 15) is 4.79 Å². The Morgan fingerprint density at radius 2 is 2.04 bits per heavy atom. The van der Waals surface area contributed by atoms with Crippen molar-refractivity contribution in [3.63, 3.8) is 0 Å². The molecule has 7 heteroatoms. The molecule has 2 amide bonds. The van der Waals surface area contributed by atoms with Crippen molar-refractivity contribution in [2.45, 2.75) is 6.92 Å². The highest BCUT2D eigenvalue weighted by Crippen LogP contribution is 2.28. The average Bonchev–Trinajstić information content (AvgIpc) is 3.02. The number of anilines is 2. The summed E-state index contributed by atoms with van der Waals surface area (Å²) in [5.74, 6) is 0.534. The van der Waals surface area contributed by atoms with Crippen molar-refractivity contribution < 1.29 is 9.53 Å². The predicted molar refractivity (Wildman–Crippen MR) is 103 cm³/mol. The molecule has 128 valence electrons. The SMILES string of the molecule is COc1ccc(Cl)cc1NC(=O)Nc1cccc(-c2csc(C)n2)c1. The van der Waals surface area contributed by atoms with Crippen LogP contribution in [0.15, 0.2) is 47.8 Å². The molecule has 1 heterocycles. The highest BCUT2D eigenvalue weighted by Gasteiger charge is 2.09. The first kappa shape index (κ1) is 17.3. The number of benzene rings is 2. The fourth-order valence-electron chi connectivity index (χ4n) is 2.31. The van der Waals surface area contributed by atoms with Gasteiger partial charge < -0.3 is 15.4 Å². The van der Waals surface area contributed by atoms with Gasteiger partial charge in [-0.1, -0.05) is 23.7 Å². The van der Waals surface area contributed by atoms with Crippen LogP contribution in [0, 0.1) is 6.92 Å². The van der Waals surface area contributed by atoms with Crippen LogP contribution in [0.2, 0.25) is 5.02 Å². The molecule has 0 unspecified atom stereocenters. The summed E-state index contributed by atoms with van der Waals surface area (Å²) in [5, 5.41) is 9.05. The second-order valence-corrected chi connectivity index (χ2v) is 6.75. The molecule has 3 rings (SSSR count). The van der Waals surface area contributed by atoms with Gasteiger partial charge in [-0.25, -0.2) is 9.78 Å². The minimum atomic E-state index is -0.382. The quantitative estimate of drug-likeness (QED) is 0.641. The van der Waals surface area contributed by atoms with Crippen molar-refractivity contribution in [3.8, 4) is 17.0 Å². The molecule has 0 atom stereocenters. The van der Waals surface area contributed by atoms with Gasteiger partial charge in [-0.05, 0) is 37.3 Å². The molecule has 0 saturated heterocycles. The topological polar surface area (TPSA) is 63.2 Å². The van der Waals surface area contributed by atoms with Gasteiger partial charge >= 0.3 is 6.03 Å². The van der Waals surface area contributed by atoms with Crippen LogP contribution in [0.1, 0.15) is 5.01 Å². The van der Waals surface area contributed by atoms with Crippen LogP contribution in [-0.2, 0) is 0 Å². The number of hydrogen-bond donors (Lipinski definition) is 2. The first-order valence-corrected chi connectivity index (χ1v) is 8.75. The number of nitrogens with one attached hydrogen (secondary N) is 2. The van der Waals surface area contributed by atoms with E-state index < -0.39 is 0 Å². The van der Waals surface area contributed by atoms with Gasteiger partial charge in [0.15, 0.2) is 0 Å². The number of hydrogen-bond acceptors (Lipinski definition) is 4. The molecule has 0 aliphatic carbocycles. The predicted octanol–water partition coefficient (Wildman–Crippen LogP) is 5.42. The molecule has 0 spiro atoms. The highest BCUT2D eigenvalue weighted by atomic mass is 35.5. The van der Waals surface area contributed by atoms with Crippen molar-refractivity contribution >= 4 is 40.3 Å². The monoisotopic (exact) mass is 373 g/mol. The lowest BCUT2D eigenvalue weighted by molar-refractivity contribution is 0.262. The molecule has 0 radical (unpaired) electrons. The number of methoxy groups -OCH3 is 1. The van der Waals surface area contributed by atoms with Crippen LogP contribution in [-0.4, -0.2) is 18.1 Å². The third kappa shape index (κ3) is 4.29. The van der Waals surface area contributed by atoms with E-state index in [-0.39, 0.29) is 6.03 Å². The molecule has 0 bridgehead atoms. The molecule has 25 heavy (non-hydrogen) atoms. The van der Waals surface area contributed by atoms with Crippen molar-refractivity contribution in [1.29, 1.82) is 0 Å². The Labute approximate surface area is 154 Å². The zero-order valence-electron chi connectivity index (χ0n) is 13.7. The lowest BCUT2D eigenvalue weighted by atomic mass is 10.1. The maximum atomic E-state index is 12.3. The molecule has 5 nitrogen and oxygen atoms in total. The molecule has 0 fully saturated rings. The van der Waals surface area contributed by atoms with Crippen molar-refractivity contribution in [1.82, 2.24) is 4.98 Å². The van der Waals surface area contributed by atoms with Gasteiger partial charge in [0, 0.05) is 21.7 Å². The Balaban J connectivity index is 1.74. The lowest BCUT2D eigenvalue weighted by Crippen LogP contribution is -2.19. The fourth-order valence-corrected chi connectivity index (χ4v) is 3.11. The molecular formula is C18H16ClN3O2S. The Kier molecular flexibility index (Phi) is 5.21. The third-order valence-electron chi connectivity index (χ3n) is 3.44. The standard InChI is InChI=1S/C18H16ClN3O2S/c1-11-20-16(10-25-11)12-4-3-5-14(8-12)21-18(23)22-15-9-13(19)6-7-17(15)24-2/h3-10H,1-2H3,(H2,21,22,23). The summed E-state index contributed by atoms with van der Waals surface area (Å²) in [6.07, 6.45) is 0. The van der Waals surface area contributed by atoms with Crippen molar-refractivity contribution in [2.75, 3.05) is 17.7 Å². The van der Waals surface area contributed by atoms with E-state index in [0.29, 0.717) is 22.1 Å². The number of amides is 2. The number of nitrogens with zero attached hydrogens (tertiary/aromatic N) is 1. The zero-order valence-corrected chi connectivity index (χ0v) is 15.2. The molecular weight excluding hydrogens is 358 g/mol. The third-order valence-corrected chi connectivity index (χ3v) is 4.45. The first-order chi connectivity index (χ1) is 12.0. The van der Waals surface area contributed by atoms with Crippen LogP contribution in [0.5, 0.6) is 5.75 Å². The number of aromatic nitrogens is 1. The van der Waals surface area contributed by atoms with E-state index in [1.54, 1.807) is 29.5 Å². The highest BCUT2D eigenvalue weighted by molar-refractivity contribution is 7.09. The molecule has 1 aromatic heterocycles. The van der Waals surface area contributed by atoms with Gasteiger partial charge in [-0.3, -0.25) is 0 Å². The van der Waals surface area contributed by atoms with E-state index in [1.807, 2.05) is 36.6 Å². The fraction of sp³-hybridized carbons (Fsp3) is 0.111. The van der Waals surface area contributed by atoms with Gasteiger partial charge in [-0.15, -0.1) is 11.3 Å². The number of thiazole rings is 1. The minimum Gasteiger partial charge on any atom is -0.495 e. The van der Waals surface area contributed by atoms with Crippen LogP contribution < -0.4 is 15.4 Å². The molecule has 3 aromatic rings. The van der Waals surface area contributed by atoms with Gasteiger partial charge in [0.2, 0.25) is 0 Å². The van der Waals surface area contributed by atoms with Gasteiger partial charge in [0.25, 0.3) is 0 Å². The Morgan fingerprint density at radius 1 is 1.20 bits per heavy atom. The summed E-state index contributed by atoms with van der Waals surface area (Å²) in [7, 11) is 1.53. The van der Waals surface area contributed by atoms with E-state index >= 15 is 0 Å². The second-order valence-electron chi connectivity index (χ2n) is 5.26. The lowest BCUT2D eigenvalue weighted by Gasteiger charge is -2.12. The van der Waals surface area contributed by atoms with Crippen LogP contribution in [0.4, 0.5) is 16.2 Å². The average molecular weight is 374 g/mol. The van der Waals surface area contributed by atoms with Crippen LogP contribution in [0.3, 0.4) is 0 Å². The number of halogens is 1. The van der Waals surface area contributed by atoms with E-state index in [4.69, 9.17) is 16.3 Å². The summed E-state index contributed by atoms with van der Waals surface area (Å²) < 4.78 is 5.22. The molecule has 0 aliphatic heterocycles. The largest absolute Gasteiger partial charge is 0.495 e. The number of ether oxygens (including phenoxy) is 1. The normalized spacial score (nSPS) is 10.4. The molecule has 0 saturated carbocycles. The maximum absolute atomic E-state index is 12.3. The van der Waals surface area contributed by atoms with Gasteiger partial charge in [-0.2, -0.15) is 0 Å². The summed E-state index contributed by atoms with van der Waals surface area (Å²) in [6, 6.07) is 12.2. The summed E-state index contributed by atoms with van der Waals surface area (Å²) >= 11 is 7.56. The number of aryl methyl sites for hydroxylation is 1. The minimum absolute atomic E-state index is 0.382. The van der Waals surface area contributed by atoms with E-state index in [2.05, 4.69) is 15.6 Å². The Bertz CT molecular complexity index is 911. The van der Waals surface area contributed by atoms with Crippen molar-refractivity contribution in [2.24, 2.45) is 0 Å². The molecule has 0 aliphatic rings. The second kappa shape index (κ2) is 7.55. The number of carbonyl (C=O) groups is 1. The van der Waals surface area contributed by atoms with Gasteiger partial charge in [0.1, 0.15) is 5.75 Å². The van der Waals surface area contributed by atoms with Crippen LogP contribution in [0.25, 0.3) is 11.3 Å². The maximum Gasteiger partial charge on any atom is 0.323 e. The number of rotatable bonds is 4. The number of urea groups is 1. The molecule has 2 N–H and O–H groups in total. The van der Waals surface area contributed by atoms with Gasteiger partial charge in [0.05, 0.1) is 23.5 Å². The Morgan fingerprint density at radius 3 is 2.76 bits per heavy atom.